The fraction of sp³-hybridized carbons (Fsp3) is 0.368. The predicted molar refractivity (Wildman–Crippen MR) is 94.1 cm³/mol. The van der Waals surface area contributed by atoms with Crippen LogP contribution in [-0.2, 0) is 6.42 Å². The van der Waals surface area contributed by atoms with Crippen LogP contribution in [0.2, 0.25) is 0 Å². The SMILES string of the molecule is O=C(N[C@H]1COc2ccccc2C1)N1CCN(C(=O)c2ccco2)CC1. The van der Waals surface area contributed by atoms with Gasteiger partial charge in [-0.2, -0.15) is 0 Å². The lowest BCUT2D eigenvalue weighted by atomic mass is 10.0. The monoisotopic (exact) mass is 355 g/mol. The zero-order valence-electron chi connectivity index (χ0n) is 14.4. The Morgan fingerprint density at radius 1 is 1.00 bits per heavy atom. The fourth-order valence-electron chi connectivity index (χ4n) is 3.36. The van der Waals surface area contributed by atoms with Crippen molar-refractivity contribution in [2.24, 2.45) is 0 Å². The normalized spacial score (nSPS) is 19.5. The summed E-state index contributed by atoms with van der Waals surface area (Å²) in [6.45, 7) is 2.47. The molecule has 2 aliphatic rings. The molecule has 0 spiro atoms. The number of nitrogens with one attached hydrogen (secondary N) is 1. The van der Waals surface area contributed by atoms with Crippen molar-refractivity contribution in [3.05, 3.63) is 54.0 Å². The van der Waals surface area contributed by atoms with Gasteiger partial charge in [-0.3, -0.25) is 4.79 Å². The number of piperazine rings is 1. The highest BCUT2D eigenvalue weighted by molar-refractivity contribution is 5.91. The Morgan fingerprint density at radius 3 is 2.54 bits per heavy atom. The van der Waals surface area contributed by atoms with Gasteiger partial charge in [0.25, 0.3) is 5.91 Å². The number of carbonyl (C=O) groups is 2. The number of nitrogens with zero attached hydrogens (tertiary/aromatic N) is 2. The smallest absolute Gasteiger partial charge is 0.317 e. The van der Waals surface area contributed by atoms with E-state index >= 15 is 0 Å². The summed E-state index contributed by atoms with van der Waals surface area (Å²) in [4.78, 5) is 28.2. The number of fused-ring (bicyclic) bond motifs is 1. The van der Waals surface area contributed by atoms with Crippen LogP contribution in [-0.4, -0.2) is 60.6 Å². The van der Waals surface area contributed by atoms with Crippen molar-refractivity contribution in [1.82, 2.24) is 15.1 Å². The Bertz CT molecular complexity index is 782. The van der Waals surface area contributed by atoms with Crippen molar-refractivity contribution >= 4 is 11.9 Å². The van der Waals surface area contributed by atoms with E-state index in [4.69, 9.17) is 9.15 Å². The van der Waals surface area contributed by atoms with E-state index < -0.39 is 0 Å². The lowest BCUT2D eigenvalue weighted by Gasteiger charge is -2.35. The maximum atomic E-state index is 12.5. The number of rotatable bonds is 2. The molecule has 0 unspecified atom stereocenters. The molecule has 2 aliphatic heterocycles. The van der Waals surface area contributed by atoms with Crippen molar-refractivity contribution in [1.29, 1.82) is 0 Å². The molecule has 26 heavy (non-hydrogen) atoms. The van der Waals surface area contributed by atoms with Crippen LogP contribution in [0.1, 0.15) is 16.1 Å². The molecule has 1 N–H and O–H groups in total. The summed E-state index contributed by atoms with van der Waals surface area (Å²) in [5.74, 6) is 1.09. The first-order valence-electron chi connectivity index (χ1n) is 8.79. The molecule has 0 radical (unpaired) electrons. The summed E-state index contributed by atoms with van der Waals surface area (Å²) < 4.78 is 10.9. The molecular formula is C19H21N3O4. The Hall–Kier alpha value is -2.96. The summed E-state index contributed by atoms with van der Waals surface area (Å²) >= 11 is 0. The first kappa shape index (κ1) is 16.5. The molecule has 1 fully saturated rings. The maximum absolute atomic E-state index is 12.5. The number of furan rings is 1. The Kier molecular flexibility index (Phi) is 4.51. The van der Waals surface area contributed by atoms with E-state index in [1.807, 2.05) is 24.3 Å². The van der Waals surface area contributed by atoms with E-state index in [0.717, 1.165) is 17.7 Å². The molecule has 1 saturated heterocycles. The highest BCUT2D eigenvalue weighted by Gasteiger charge is 2.28. The average Bonchev–Trinajstić information content (AvgIpc) is 3.22. The highest BCUT2D eigenvalue weighted by Crippen LogP contribution is 2.24. The topological polar surface area (TPSA) is 75.0 Å². The molecule has 7 heteroatoms. The van der Waals surface area contributed by atoms with Crippen molar-refractivity contribution in [2.75, 3.05) is 32.8 Å². The standard InChI is InChI=1S/C19H21N3O4/c23-18(17-6-3-11-25-17)21-7-9-22(10-8-21)19(24)20-15-12-14-4-1-2-5-16(14)26-13-15/h1-6,11,15H,7-10,12-13H2,(H,20,24)/t15-/m1/s1. The molecule has 0 aliphatic carbocycles. The predicted octanol–water partition coefficient (Wildman–Crippen LogP) is 1.75. The third-order valence-electron chi connectivity index (χ3n) is 4.79. The second-order valence-corrected chi connectivity index (χ2v) is 6.53. The van der Waals surface area contributed by atoms with E-state index in [1.165, 1.54) is 6.26 Å². The van der Waals surface area contributed by atoms with Crippen LogP contribution >= 0.6 is 0 Å². The maximum Gasteiger partial charge on any atom is 0.317 e. The molecule has 0 saturated carbocycles. The highest BCUT2D eigenvalue weighted by atomic mass is 16.5. The van der Waals surface area contributed by atoms with Crippen LogP contribution in [0.15, 0.2) is 47.1 Å². The molecule has 0 bridgehead atoms. The molecule has 1 aromatic carbocycles. The lowest BCUT2D eigenvalue weighted by Crippen LogP contribution is -2.55. The van der Waals surface area contributed by atoms with Crippen LogP contribution < -0.4 is 10.1 Å². The van der Waals surface area contributed by atoms with Gasteiger partial charge in [-0.25, -0.2) is 4.79 Å². The second-order valence-electron chi connectivity index (χ2n) is 6.53. The first-order valence-corrected chi connectivity index (χ1v) is 8.79. The Morgan fingerprint density at radius 2 is 1.77 bits per heavy atom. The Balaban J connectivity index is 1.28. The number of benzene rings is 1. The van der Waals surface area contributed by atoms with E-state index in [2.05, 4.69) is 5.32 Å². The van der Waals surface area contributed by atoms with Gasteiger partial charge in [0.15, 0.2) is 5.76 Å². The van der Waals surface area contributed by atoms with E-state index in [1.54, 1.807) is 21.9 Å². The summed E-state index contributed by atoms with van der Waals surface area (Å²) in [7, 11) is 0. The van der Waals surface area contributed by atoms with Crippen molar-refractivity contribution in [3.63, 3.8) is 0 Å². The largest absolute Gasteiger partial charge is 0.491 e. The number of hydrogen-bond donors (Lipinski definition) is 1. The number of para-hydroxylation sites is 1. The minimum absolute atomic E-state index is 0.0415. The van der Waals surface area contributed by atoms with E-state index in [9.17, 15) is 9.59 Å². The number of carbonyl (C=O) groups excluding carboxylic acids is 2. The molecule has 3 heterocycles. The van der Waals surface area contributed by atoms with Crippen molar-refractivity contribution in [2.45, 2.75) is 12.5 Å². The van der Waals surface area contributed by atoms with Crippen LogP contribution in [0, 0.1) is 0 Å². The Labute approximate surface area is 151 Å². The molecule has 3 amide bonds. The first-order chi connectivity index (χ1) is 12.7. The molecule has 136 valence electrons. The molecule has 2 aromatic rings. The minimum Gasteiger partial charge on any atom is -0.491 e. The zero-order chi connectivity index (χ0) is 17.9. The average molecular weight is 355 g/mol. The summed E-state index contributed by atoms with van der Waals surface area (Å²) in [6.07, 6.45) is 2.25. The zero-order valence-corrected chi connectivity index (χ0v) is 14.4. The third-order valence-corrected chi connectivity index (χ3v) is 4.79. The van der Waals surface area contributed by atoms with Crippen LogP contribution in [0.5, 0.6) is 5.75 Å². The van der Waals surface area contributed by atoms with Gasteiger partial charge in [0.1, 0.15) is 12.4 Å². The van der Waals surface area contributed by atoms with Gasteiger partial charge in [-0.15, -0.1) is 0 Å². The van der Waals surface area contributed by atoms with Gasteiger partial charge < -0.3 is 24.3 Å². The van der Waals surface area contributed by atoms with Gasteiger partial charge in [-0.1, -0.05) is 18.2 Å². The van der Waals surface area contributed by atoms with Crippen LogP contribution in [0.3, 0.4) is 0 Å². The summed E-state index contributed by atoms with van der Waals surface area (Å²) in [6, 6.07) is 11.1. The number of urea groups is 1. The molecule has 7 nitrogen and oxygen atoms in total. The number of amides is 3. The molecule has 1 atom stereocenters. The van der Waals surface area contributed by atoms with E-state index in [-0.39, 0.29) is 18.0 Å². The van der Waals surface area contributed by atoms with Crippen molar-refractivity contribution in [3.8, 4) is 5.75 Å². The quantitative estimate of drug-likeness (QED) is 0.891. The van der Waals surface area contributed by atoms with Gasteiger partial charge in [0.2, 0.25) is 0 Å². The fourth-order valence-corrected chi connectivity index (χ4v) is 3.36. The third kappa shape index (κ3) is 3.37. The lowest BCUT2D eigenvalue weighted by molar-refractivity contribution is 0.0631. The van der Waals surface area contributed by atoms with Gasteiger partial charge in [0, 0.05) is 26.2 Å². The summed E-state index contributed by atoms with van der Waals surface area (Å²) in [5, 5.41) is 3.04. The number of ether oxygens (including phenoxy) is 1. The molecular weight excluding hydrogens is 334 g/mol. The van der Waals surface area contributed by atoms with Crippen LogP contribution in [0.25, 0.3) is 0 Å². The summed E-state index contributed by atoms with van der Waals surface area (Å²) in [5.41, 5.74) is 1.11. The van der Waals surface area contributed by atoms with Crippen molar-refractivity contribution < 1.29 is 18.7 Å². The van der Waals surface area contributed by atoms with Gasteiger partial charge in [0.05, 0.1) is 12.3 Å². The van der Waals surface area contributed by atoms with Gasteiger partial charge in [-0.05, 0) is 30.2 Å². The van der Waals surface area contributed by atoms with Gasteiger partial charge >= 0.3 is 6.03 Å². The minimum atomic E-state index is -0.132. The molecule has 4 rings (SSSR count). The number of hydrogen-bond acceptors (Lipinski definition) is 4. The van der Waals surface area contributed by atoms with Crippen LogP contribution in [0.4, 0.5) is 4.79 Å². The second kappa shape index (κ2) is 7.11. The van der Waals surface area contributed by atoms with E-state index in [0.29, 0.717) is 38.5 Å². The molecule has 1 aromatic heterocycles.